The topological polar surface area (TPSA) is 92.1 Å². The highest BCUT2D eigenvalue weighted by atomic mass is 16.5. The van der Waals surface area contributed by atoms with Gasteiger partial charge < -0.3 is 14.4 Å². The summed E-state index contributed by atoms with van der Waals surface area (Å²) in [4.78, 5) is 39.6. The van der Waals surface area contributed by atoms with Crippen LogP contribution in [0.4, 0.5) is 10.5 Å². The number of amides is 3. The number of carbonyl (C=O) groups excluding carboxylic acids is 2. The molecule has 1 aromatic heterocycles. The summed E-state index contributed by atoms with van der Waals surface area (Å²) < 4.78 is 6.77. The number of nitrogens with zero attached hydrogens (tertiary/aromatic N) is 3. The van der Waals surface area contributed by atoms with Crippen molar-refractivity contribution in [1.29, 1.82) is 0 Å². The summed E-state index contributed by atoms with van der Waals surface area (Å²) in [6.45, 7) is 0.289. The van der Waals surface area contributed by atoms with E-state index in [-0.39, 0.29) is 38.0 Å². The first-order valence-electron chi connectivity index (χ1n) is 9.52. The van der Waals surface area contributed by atoms with Crippen LogP contribution >= 0.6 is 0 Å². The largest absolute Gasteiger partial charge is 0.497 e. The van der Waals surface area contributed by atoms with Crippen LogP contribution in [0.1, 0.15) is 12.0 Å². The maximum Gasteiger partial charge on any atom is 0.331 e. The lowest BCUT2D eigenvalue weighted by Crippen LogP contribution is -2.52. The third kappa shape index (κ3) is 3.59. The van der Waals surface area contributed by atoms with Gasteiger partial charge in [0.25, 0.3) is 0 Å². The Balaban J connectivity index is 1.63. The second-order valence-electron chi connectivity index (χ2n) is 7.06. The van der Waals surface area contributed by atoms with Gasteiger partial charge >= 0.3 is 12.0 Å². The molecule has 4 rings (SSSR count). The molecule has 0 aliphatic carbocycles. The van der Waals surface area contributed by atoms with Gasteiger partial charge in [0.2, 0.25) is 5.91 Å². The maximum absolute atomic E-state index is 13.2. The number of hydrogen-bond donors (Lipinski definition) is 1. The SMILES string of the molecule is COc1ccc(CN2C(=O)CCN(c3cccc4c3ccn4CC(=O)O)C2=O)cc1. The normalized spacial score (nSPS) is 14.4. The minimum Gasteiger partial charge on any atom is -0.497 e. The highest BCUT2D eigenvalue weighted by Gasteiger charge is 2.33. The molecule has 2 aromatic carbocycles. The van der Waals surface area contributed by atoms with E-state index in [1.807, 2.05) is 24.3 Å². The fourth-order valence-corrected chi connectivity index (χ4v) is 3.71. The zero-order valence-electron chi connectivity index (χ0n) is 16.4. The highest BCUT2D eigenvalue weighted by Crippen LogP contribution is 2.31. The zero-order valence-corrected chi connectivity index (χ0v) is 16.4. The molecule has 8 nitrogen and oxygen atoms in total. The first-order chi connectivity index (χ1) is 14.5. The van der Waals surface area contributed by atoms with Gasteiger partial charge in [-0.05, 0) is 35.9 Å². The number of fused-ring (bicyclic) bond motifs is 1. The minimum atomic E-state index is -0.941. The molecule has 0 unspecified atom stereocenters. The number of ether oxygens (including phenoxy) is 1. The van der Waals surface area contributed by atoms with Crippen LogP contribution in [-0.4, -0.2) is 46.1 Å². The number of carboxylic acids is 1. The van der Waals surface area contributed by atoms with E-state index >= 15 is 0 Å². The summed E-state index contributed by atoms with van der Waals surface area (Å²) in [6, 6.07) is 14.0. The number of carbonyl (C=O) groups is 3. The van der Waals surface area contributed by atoms with Gasteiger partial charge in [-0.2, -0.15) is 0 Å². The van der Waals surface area contributed by atoms with E-state index in [1.54, 1.807) is 47.0 Å². The summed E-state index contributed by atoms with van der Waals surface area (Å²) in [6.07, 6.45) is 1.91. The summed E-state index contributed by atoms with van der Waals surface area (Å²) in [5.41, 5.74) is 2.21. The lowest BCUT2D eigenvalue weighted by atomic mass is 10.1. The van der Waals surface area contributed by atoms with E-state index < -0.39 is 5.97 Å². The Labute approximate surface area is 172 Å². The Bertz CT molecular complexity index is 1120. The molecule has 0 radical (unpaired) electrons. The molecular weight excluding hydrogens is 386 g/mol. The number of aromatic nitrogens is 1. The lowest BCUT2D eigenvalue weighted by molar-refractivity contribution is -0.137. The van der Waals surface area contributed by atoms with Gasteiger partial charge in [-0.1, -0.05) is 18.2 Å². The maximum atomic E-state index is 13.2. The van der Waals surface area contributed by atoms with Crippen LogP contribution in [-0.2, 0) is 22.7 Å². The Hall–Kier alpha value is -3.81. The Morgan fingerprint density at radius 3 is 2.57 bits per heavy atom. The van der Waals surface area contributed by atoms with E-state index in [0.29, 0.717) is 11.4 Å². The fraction of sp³-hybridized carbons (Fsp3) is 0.227. The third-order valence-corrected chi connectivity index (χ3v) is 5.20. The second-order valence-corrected chi connectivity index (χ2v) is 7.06. The molecule has 1 saturated heterocycles. The fourth-order valence-electron chi connectivity index (χ4n) is 3.71. The Morgan fingerprint density at radius 2 is 1.87 bits per heavy atom. The van der Waals surface area contributed by atoms with Crippen molar-refractivity contribution in [3.05, 3.63) is 60.3 Å². The molecule has 0 atom stereocenters. The molecule has 0 spiro atoms. The third-order valence-electron chi connectivity index (χ3n) is 5.20. The number of methoxy groups -OCH3 is 1. The number of urea groups is 1. The van der Waals surface area contributed by atoms with Gasteiger partial charge in [-0.15, -0.1) is 0 Å². The van der Waals surface area contributed by atoms with Crippen LogP contribution in [0.3, 0.4) is 0 Å². The molecular formula is C22H21N3O5. The van der Waals surface area contributed by atoms with Crippen molar-refractivity contribution in [2.75, 3.05) is 18.6 Å². The monoisotopic (exact) mass is 407 g/mol. The number of imide groups is 1. The van der Waals surface area contributed by atoms with Crippen molar-refractivity contribution in [3.8, 4) is 5.75 Å². The number of carboxylic acid groups (broad SMARTS) is 1. The van der Waals surface area contributed by atoms with Gasteiger partial charge in [0, 0.05) is 24.5 Å². The minimum absolute atomic E-state index is 0.164. The van der Waals surface area contributed by atoms with Gasteiger partial charge in [-0.3, -0.25) is 19.4 Å². The second kappa shape index (κ2) is 7.90. The standard InChI is InChI=1S/C22H21N3O5/c1-30-16-7-5-15(6-8-16)13-25-20(26)10-12-24(22(25)29)19-4-2-3-18-17(19)9-11-23(18)14-21(27)28/h2-9,11H,10,12-14H2,1H3,(H,27,28). The molecule has 3 aromatic rings. The van der Waals surface area contributed by atoms with Crippen molar-refractivity contribution in [3.63, 3.8) is 0 Å². The van der Waals surface area contributed by atoms with E-state index in [1.165, 1.54) is 4.90 Å². The zero-order chi connectivity index (χ0) is 21.3. The first kappa shape index (κ1) is 19.5. The van der Waals surface area contributed by atoms with Gasteiger partial charge in [-0.25, -0.2) is 4.79 Å². The number of rotatable bonds is 6. The Kier molecular flexibility index (Phi) is 5.14. The quantitative estimate of drug-likeness (QED) is 0.678. The van der Waals surface area contributed by atoms with Crippen LogP contribution in [0.25, 0.3) is 10.9 Å². The van der Waals surface area contributed by atoms with Crippen molar-refractivity contribution >= 4 is 34.5 Å². The smallest absolute Gasteiger partial charge is 0.331 e. The van der Waals surface area contributed by atoms with Crippen LogP contribution in [0.15, 0.2) is 54.7 Å². The number of hydrogen-bond acceptors (Lipinski definition) is 4. The molecule has 8 heteroatoms. The van der Waals surface area contributed by atoms with E-state index in [0.717, 1.165) is 16.5 Å². The van der Waals surface area contributed by atoms with Gasteiger partial charge in [0.15, 0.2) is 0 Å². The molecule has 30 heavy (non-hydrogen) atoms. The first-order valence-corrected chi connectivity index (χ1v) is 9.52. The number of aliphatic carboxylic acids is 1. The lowest BCUT2D eigenvalue weighted by Gasteiger charge is -2.34. The molecule has 1 aliphatic heterocycles. The van der Waals surface area contributed by atoms with Crippen LogP contribution in [0.5, 0.6) is 5.75 Å². The number of benzene rings is 2. The molecule has 1 aliphatic rings. The predicted octanol–water partition coefficient (Wildman–Crippen LogP) is 3.09. The molecule has 0 bridgehead atoms. The summed E-state index contributed by atoms with van der Waals surface area (Å²) in [5, 5.41) is 9.87. The van der Waals surface area contributed by atoms with E-state index in [9.17, 15) is 14.4 Å². The van der Waals surface area contributed by atoms with E-state index in [2.05, 4.69) is 0 Å². The van der Waals surface area contributed by atoms with Crippen molar-refractivity contribution in [1.82, 2.24) is 9.47 Å². The average molecular weight is 407 g/mol. The molecule has 2 heterocycles. The summed E-state index contributed by atoms with van der Waals surface area (Å²) >= 11 is 0. The summed E-state index contributed by atoms with van der Waals surface area (Å²) in [7, 11) is 1.58. The summed E-state index contributed by atoms with van der Waals surface area (Å²) in [5.74, 6) is -0.458. The van der Waals surface area contributed by atoms with Gasteiger partial charge in [0.05, 0.1) is 24.9 Å². The molecule has 154 valence electrons. The van der Waals surface area contributed by atoms with Crippen LogP contribution in [0, 0.1) is 0 Å². The predicted molar refractivity (Wildman–Crippen MR) is 110 cm³/mol. The molecule has 1 N–H and O–H groups in total. The average Bonchev–Trinajstić information content (AvgIpc) is 3.14. The van der Waals surface area contributed by atoms with Crippen molar-refractivity contribution in [2.24, 2.45) is 0 Å². The molecule has 0 saturated carbocycles. The van der Waals surface area contributed by atoms with Crippen LogP contribution < -0.4 is 9.64 Å². The van der Waals surface area contributed by atoms with Crippen LogP contribution in [0.2, 0.25) is 0 Å². The Morgan fingerprint density at radius 1 is 1.10 bits per heavy atom. The number of anilines is 1. The highest BCUT2D eigenvalue weighted by molar-refractivity contribution is 6.09. The molecule has 3 amide bonds. The van der Waals surface area contributed by atoms with E-state index in [4.69, 9.17) is 9.84 Å². The van der Waals surface area contributed by atoms with Crippen molar-refractivity contribution < 1.29 is 24.2 Å². The van der Waals surface area contributed by atoms with Gasteiger partial charge in [0.1, 0.15) is 12.3 Å². The molecule has 1 fully saturated rings. The van der Waals surface area contributed by atoms with Crippen molar-refractivity contribution in [2.45, 2.75) is 19.5 Å².